The van der Waals surface area contributed by atoms with Crippen LogP contribution in [0.4, 0.5) is 0 Å². The Morgan fingerprint density at radius 1 is 1.46 bits per heavy atom. The maximum absolute atomic E-state index is 2.58. The first kappa shape index (κ1) is 11.4. The maximum Gasteiger partial charge on any atom is 0.0261 e. The van der Waals surface area contributed by atoms with E-state index in [2.05, 4.69) is 44.4 Å². The van der Waals surface area contributed by atoms with Gasteiger partial charge in [-0.25, -0.2) is 0 Å². The van der Waals surface area contributed by atoms with Gasteiger partial charge in [-0.2, -0.15) is 11.8 Å². The molecule has 0 aliphatic carbocycles. The highest BCUT2D eigenvalue weighted by Crippen LogP contribution is 2.36. The van der Waals surface area contributed by atoms with E-state index in [-0.39, 0.29) is 0 Å². The Bertz CT molecular complexity index is 158. The fourth-order valence-corrected chi connectivity index (χ4v) is 3.90. The van der Waals surface area contributed by atoms with Gasteiger partial charge in [-0.15, -0.1) is 0 Å². The molecular weight excluding hydrogens is 178 g/mol. The van der Waals surface area contributed by atoms with Crippen LogP contribution in [0.15, 0.2) is 0 Å². The summed E-state index contributed by atoms with van der Waals surface area (Å²) in [6, 6.07) is 0. The summed E-state index contributed by atoms with van der Waals surface area (Å²) in [7, 11) is 0. The SMILES string of the molecule is CCN1CCCC(C)(SC(C)C)C1. The minimum absolute atomic E-state index is 0.516. The summed E-state index contributed by atoms with van der Waals surface area (Å²) in [4.78, 5) is 2.58. The summed E-state index contributed by atoms with van der Waals surface area (Å²) in [5, 5.41) is 0.766. The summed E-state index contributed by atoms with van der Waals surface area (Å²) in [6.07, 6.45) is 2.77. The molecule has 1 atom stereocenters. The molecule has 0 spiro atoms. The van der Waals surface area contributed by atoms with Gasteiger partial charge in [0.25, 0.3) is 0 Å². The molecule has 1 fully saturated rings. The summed E-state index contributed by atoms with van der Waals surface area (Å²) in [6.45, 7) is 13.1. The second-order valence-corrected chi connectivity index (χ2v) is 6.75. The van der Waals surface area contributed by atoms with Gasteiger partial charge in [-0.1, -0.05) is 20.8 Å². The molecule has 13 heavy (non-hydrogen) atoms. The van der Waals surface area contributed by atoms with Gasteiger partial charge in [0.05, 0.1) is 0 Å². The molecule has 2 heteroatoms. The molecule has 0 amide bonds. The zero-order valence-electron chi connectivity index (χ0n) is 9.47. The van der Waals surface area contributed by atoms with Crippen LogP contribution in [0, 0.1) is 0 Å². The molecule has 0 saturated carbocycles. The van der Waals surface area contributed by atoms with E-state index in [4.69, 9.17) is 0 Å². The van der Waals surface area contributed by atoms with Crippen molar-refractivity contribution in [3.05, 3.63) is 0 Å². The molecule has 1 rings (SSSR count). The molecule has 0 aromatic rings. The van der Waals surface area contributed by atoms with Crippen molar-refractivity contribution in [2.45, 2.75) is 50.5 Å². The number of hydrogen-bond donors (Lipinski definition) is 0. The molecule has 0 bridgehead atoms. The molecule has 78 valence electrons. The predicted octanol–water partition coefficient (Wildman–Crippen LogP) is 3.00. The molecule has 1 aliphatic rings. The van der Waals surface area contributed by atoms with Crippen LogP contribution in [0.5, 0.6) is 0 Å². The fourth-order valence-electron chi connectivity index (χ4n) is 2.24. The van der Waals surface area contributed by atoms with Crippen molar-refractivity contribution < 1.29 is 0 Å². The van der Waals surface area contributed by atoms with Gasteiger partial charge in [0, 0.05) is 11.3 Å². The highest BCUT2D eigenvalue weighted by Gasteiger charge is 2.31. The summed E-state index contributed by atoms with van der Waals surface area (Å²) >= 11 is 2.16. The average Bonchev–Trinajstić information content (AvgIpc) is 2.02. The van der Waals surface area contributed by atoms with Crippen LogP contribution in [0.2, 0.25) is 0 Å². The largest absolute Gasteiger partial charge is 0.302 e. The molecular formula is C11H23NS. The first-order chi connectivity index (χ1) is 6.06. The predicted molar refractivity (Wildman–Crippen MR) is 62.5 cm³/mol. The topological polar surface area (TPSA) is 3.24 Å². The molecule has 0 aromatic carbocycles. The van der Waals surface area contributed by atoms with Crippen LogP contribution >= 0.6 is 11.8 Å². The van der Waals surface area contributed by atoms with Crippen molar-refractivity contribution >= 4 is 11.8 Å². The third kappa shape index (κ3) is 3.51. The van der Waals surface area contributed by atoms with Crippen LogP contribution in [0.3, 0.4) is 0 Å². The molecule has 0 radical (unpaired) electrons. The zero-order valence-corrected chi connectivity index (χ0v) is 10.3. The average molecular weight is 201 g/mol. The van der Waals surface area contributed by atoms with Crippen molar-refractivity contribution in [2.24, 2.45) is 0 Å². The third-order valence-corrected chi connectivity index (χ3v) is 4.08. The molecule has 0 aromatic heterocycles. The quantitative estimate of drug-likeness (QED) is 0.690. The van der Waals surface area contributed by atoms with Crippen molar-refractivity contribution in [1.29, 1.82) is 0 Å². The third-order valence-electron chi connectivity index (χ3n) is 2.71. The Hall–Kier alpha value is 0.310. The molecule has 0 N–H and O–H groups in total. The van der Waals surface area contributed by atoms with Crippen molar-refractivity contribution in [3.63, 3.8) is 0 Å². The van der Waals surface area contributed by atoms with Crippen LogP contribution in [-0.2, 0) is 0 Å². The number of likely N-dealkylation sites (tertiary alicyclic amines) is 1. The van der Waals surface area contributed by atoms with Gasteiger partial charge < -0.3 is 4.90 Å². The number of hydrogen-bond acceptors (Lipinski definition) is 2. The lowest BCUT2D eigenvalue weighted by Gasteiger charge is -2.40. The Balaban J connectivity index is 2.47. The number of piperidine rings is 1. The lowest BCUT2D eigenvalue weighted by Crippen LogP contribution is -2.44. The zero-order chi connectivity index (χ0) is 9.90. The first-order valence-electron chi connectivity index (χ1n) is 5.46. The van der Waals surface area contributed by atoms with Crippen LogP contribution in [0.1, 0.15) is 40.5 Å². The molecule has 1 heterocycles. The van der Waals surface area contributed by atoms with E-state index in [0.29, 0.717) is 4.75 Å². The van der Waals surface area contributed by atoms with E-state index in [0.717, 1.165) is 5.25 Å². The minimum Gasteiger partial charge on any atom is -0.302 e. The van der Waals surface area contributed by atoms with E-state index >= 15 is 0 Å². The van der Waals surface area contributed by atoms with Crippen LogP contribution in [0.25, 0.3) is 0 Å². The monoisotopic (exact) mass is 201 g/mol. The molecule has 1 aliphatic heterocycles. The second kappa shape index (κ2) is 4.70. The van der Waals surface area contributed by atoms with Crippen molar-refractivity contribution in [1.82, 2.24) is 4.90 Å². The van der Waals surface area contributed by atoms with Crippen molar-refractivity contribution in [2.75, 3.05) is 19.6 Å². The van der Waals surface area contributed by atoms with Gasteiger partial charge in [-0.3, -0.25) is 0 Å². The normalized spacial score (nSPS) is 31.2. The summed E-state index contributed by atoms with van der Waals surface area (Å²) in [5.41, 5.74) is 0. The van der Waals surface area contributed by atoms with E-state index in [1.165, 1.54) is 32.5 Å². The van der Waals surface area contributed by atoms with Gasteiger partial charge in [0.1, 0.15) is 0 Å². The number of rotatable bonds is 3. The smallest absolute Gasteiger partial charge is 0.0261 e. The summed E-state index contributed by atoms with van der Waals surface area (Å²) in [5.74, 6) is 0. The van der Waals surface area contributed by atoms with Gasteiger partial charge >= 0.3 is 0 Å². The number of thioether (sulfide) groups is 1. The van der Waals surface area contributed by atoms with E-state index in [1.807, 2.05) is 0 Å². The standard InChI is InChI=1S/C11H23NS/c1-5-12-8-6-7-11(4,9-12)13-10(2)3/h10H,5-9H2,1-4H3. The Kier molecular flexibility index (Phi) is 4.11. The Morgan fingerprint density at radius 3 is 2.69 bits per heavy atom. The van der Waals surface area contributed by atoms with E-state index < -0.39 is 0 Å². The Labute approximate surface area is 87.3 Å². The minimum atomic E-state index is 0.516. The van der Waals surface area contributed by atoms with Crippen LogP contribution in [-0.4, -0.2) is 34.5 Å². The first-order valence-corrected chi connectivity index (χ1v) is 6.34. The molecule has 1 unspecified atom stereocenters. The maximum atomic E-state index is 2.58. The van der Waals surface area contributed by atoms with E-state index in [9.17, 15) is 0 Å². The van der Waals surface area contributed by atoms with E-state index in [1.54, 1.807) is 0 Å². The highest BCUT2D eigenvalue weighted by molar-refractivity contribution is 8.01. The van der Waals surface area contributed by atoms with Gasteiger partial charge in [0.15, 0.2) is 0 Å². The molecule has 1 nitrogen and oxygen atoms in total. The fraction of sp³-hybridized carbons (Fsp3) is 1.00. The highest BCUT2D eigenvalue weighted by atomic mass is 32.2. The molecule has 1 saturated heterocycles. The lowest BCUT2D eigenvalue weighted by molar-refractivity contribution is 0.210. The van der Waals surface area contributed by atoms with Crippen molar-refractivity contribution in [3.8, 4) is 0 Å². The van der Waals surface area contributed by atoms with Gasteiger partial charge in [-0.05, 0) is 38.1 Å². The lowest BCUT2D eigenvalue weighted by atomic mass is 9.99. The van der Waals surface area contributed by atoms with Gasteiger partial charge in [0.2, 0.25) is 0 Å². The summed E-state index contributed by atoms with van der Waals surface area (Å²) < 4.78 is 0.516. The van der Waals surface area contributed by atoms with Crippen LogP contribution < -0.4 is 0 Å². The Morgan fingerprint density at radius 2 is 2.15 bits per heavy atom. The number of nitrogens with zero attached hydrogens (tertiary/aromatic N) is 1. The second-order valence-electron chi connectivity index (χ2n) is 4.59.